The largest absolute Gasteiger partial charge is 0.756 e. The molecular formula is C57H117N2O6P. The molecule has 0 aliphatic carbocycles. The Morgan fingerprint density at radius 2 is 0.742 bits per heavy atom. The monoisotopic (exact) mass is 957 g/mol. The van der Waals surface area contributed by atoms with Gasteiger partial charge in [-0.2, -0.15) is 0 Å². The van der Waals surface area contributed by atoms with E-state index in [1.165, 1.54) is 244 Å². The summed E-state index contributed by atoms with van der Waals surface area (Å²) in [7, 11) is 1.32. The van der Waals surface area contributed by atoms with Crippen molar-refractivity contribution in [1.29, 1.82) is 0 Å². The Bertz CT molecular complexity index is 1040. The molecule has 3 unspecified atom stereocenters. The molecule has 0 heterocycles. The number of phosphoric ester groups is 1. The summed E-state index contributed by atoms with van der Waals surface area (Å²) in [6, 6.07) is -0.792. The van der Waals surface area contributed by atoms with Gasteiger partial charge < -0.3 is 28.8 Å². The summed E-state index contributed by atoms with van der Waals surface area (Å²) in [5.74, 6) is -0.163. The van der Waals surface area contributed by atoms with Crippen molar-refractivity contribution in [2.45, 2.75) is 321 Å². The Hall–Kier alpha value is -0.500. The van der Waals surface area contributed by atoms with Crippen LogP contribution >= 0.6 is 7.82 Å². The second kappa shape index (κ2) is 49.5. The van der Waals surface area contributed by atoms with E-state index in [1.54, 1.807) is 0 Å². The van der Waals surface area contributed by atoms with Crippen molar-refractivity contribution in [3.63, 3.8) is 0 Å². The SMILES string of the molecule is CCCCCCCCCCCCCCCCCCCCCCCCCCCCCCCCCCCCCCCCC(=O)NC(COP(=O)([O-])OCC[N+](C)(C)C)C(O)CCCCCCCC. The van der Waals surface area contributed by atoms with Gasteiger partial charge in [-0.1, -0.05) is 290 Å². The maximum atomic E-state index is 12.8. The van der Waals surface area contributed by atoms with Gasteiger partial charge in [0.05, 0.1) is 39.9 Å². The second-order valence-corrected chi connectivity index (χ2v) is 23.1. The number of unbranched alkanes of at least 4 members (excludes halogenated alkanes) is 42. The van der Waals surface area contributed by atoms with Gasteiger partial charge in [-0.25, -0.2) is 0 Å². The average molecular weight is 958 g/mol. The summed E-state index contributed by atoms with van der Waals surface area (Å²) in [6.07, 6.45) is 59.4. The number of likely N-dealkylation sites (N-methyl/N-ethyl adjacent to an activating group) is 1. The van der Waals surface area contributed by atoms with Crippen LogP contribution in [0.15, 0.2) is 0 Å². The number of nitrogens with one attached hydrogen (secondary N) is 1. The number of hydrogen-bond acceptors (Lipinski definition) is 6. The summed E-state index contributed by atoms with van der Waals surface area (Å²) < 4.78 is 23.2. The summed E-state index contributed by atoms with van der Waals surface area (Å²) >= 11 is 0. The van der Waals surface area contributed by atoms with E-state index in [0.29, 0.717) is 23.9 Å². The molecule has 0 saturated heterocycles. The molecule has 0 rings (SSSR count). The standard InChI is InChI=1S/C57H117N2O6P/c1-6-8-10-12-14-15-16-17-18-19-20-21-22-23-24-25-26-27-28-29-30-31-32-33-34-35-36-37-38-39-40-41-42-43-44-45-47-49-51-57(61)58-55(56(60)50-48-46-13-11-9-7-2)54-65-66(62,63)64-53-52-59(3,4)5/h55-56,60H,6-54H2,1-5H3,(H-,58,61,62,63). The van der Waals surface area contributed by atoms with Crippen LogP contribution in [-0.2, 0) is 18.4 Å². The molecule has 0 aliphatic heterocycles. The molecular weight excluding hydrogens is 840 g/mol. The van der Waals surface area contributed by atoms with Gasteiger partial charge in [0.15, 0.2) is 0 Å². The Labute approximate surface area is 412 Å². The number of nitrogens with zero attached hydrogens (tertiary/aromatic N) is 1. The number of hydrogen-bond donors (Lipinski definition) is 2. The fourth-order valence-corrected chi connectivity index (χ4v) is 9.94. The zero-order valence-electron chi connectivity index (χ0n) is 45.2. The molecule has 0 aromatic heterocycles. The van der Waals surface area contributed by atoms with Gasteiger partial charge >= 0.3 is 0 Å². The van der Waals surface area contributed by atoms with E-state index in [4.69, 9.17) is 9.05 Å². The molecule has 0 spiro atoms. The average Bonchev–Trinajstić information content (AvgIpc) is 3.28. The minimum absolute atomic E-state index is 0.0153. The van der Waals surface area contributed by atoms with Crippen LogP contribution in [0, 0.1) is 0 Å². The molecule has 2 N–H and O–H groups in total. The van der Waals surface area contributed by atoms with E-state index in [0.717, 1.165) is 38.5 Å². The minimum atomic E-state index is -4.55. The lowest BCUT2D eigenvalue weighted by Gasteiger charge is -2.30. The molecule has 0 bridgehead atoms. The smallest absolute Gasteiger partial charge is 0.268 e. The molecule has 0 aliphatic rings. The van der Waals surface area contributed by atoms with Crippen LogP contribution in [0.5, 0.6) is 0 Å². The van der Waals surface area contributed by atoms with E-state index >= 15 is 0 Å². The van der Waals surface area contributed by atoms with E-state index in [-0.39, 0.29) is 19.1 Å². The minimum Gasteiger partial charge on any atom is -0.756 e. The van der Waals surface area contributed by atoms with E-state index < -0.39 is 20.0 Å². The fourth-order valence-electron chi connectivity index (χ4n) is 9.22. The molecule has 8 nitrogen and oxygen atoms in total. The number of carbonyl (C=O) groups excluding carboxylic acids is 1. The number of carbonyl (C=O) groups is 1. The van der Waals surface area contributed by atoms with Gasteiger partial charge in [0, 0.05) is 6.42 Å². The first-order valence-corrected chi connectivity index (χ1v) is 30.8. The topological polar surface area (TPSA) is 108 Å². The number of quaternary nitrogens is 1. The number of rotatable bonds is 55. The van der Waals surface area contributed by atoms with E-state index in [9.17, 15) is 19.4 Å². The highest BCUT2D eigenvalue weighted by Crippen LogP contribution is 2.38. The summed E-state index contributed by atoms with van der Waals surface area (Å²) in [5, 5.41) is 13.8. The zero-order chi connectivity index (χ0) is 48.5. The van der Waals surface area contributed by atoms with Gasteiger partial charge in [-0.3, -0.25) is 9.36 Å². The highest BCUT2D eigenvalue weighted by atomic mass is 31.2. The highest BCUT2D eigenvalue weighted by molar-refractivity contribution is 7.45. The number of amides is 1. The lowest BCUT2D eigenvalue weighted by Crippen LogP contribution is -2.46. The molecule has 0 fully saturated rings. The van der Waals surface area contributed by atoms with Crippen molar-refractivity contribution in [2.75, 3.05) is 40.9 Å². The van der Waals surface area contributed by atoms with Crippen molar-refractivity contribution >= 4 is 13.7 Å². The first-order valence-electron chi connectivity index (χ1n) is 29.4. The third-order valence-electron chi connectivity index (χ3n) is 13.8. The highest BCUT2D eigenvalue weighted by Gasteiger charge is 2.24. The second-order valence-electron chi connectivity index (χ2n) is 21.7. The third-order valence-corrected chi connectivity index (χ3v) is 14.8. The molecule has 396 valence electrons. The van der Waals surface area contributed by atoms with Crippen LogP contribution in [-0.4, -0.2) is 68.5 Å². The van der Waals surface area contributed by atoms with Gasteiger partial charge in [0.25, 0.3) is 7.82 Å². The summed E-state index contributed by atoms with van der Waals surface area (Å²) in [5.41, 5.74) is 0. The number of phosphoric acid groups is 1. The Kier molecular flexibility index (Phi) is 49.1. The molecule has 0 saturated carbocycles. The maximum absolute atomic E-state index is 12.8. The van der Waals surface area contributed by atoms with Crippen molar-refractivity contribution in [3.05, 3.63) is 0 Å². The van der Waals surface area contributed by atoms with Crippen molar-refractivity contribution in [1.82, 2.24) is 5.32 Å². The lowest BCUT2D eigenvalue weighted by atomic mass is 10.0. The number of aliphatic hydroxyl groups is 1. The first-order chi connectivity index (χ1) is 32.0. The Morgan fingerprint density at radius 3 is 1.03 bits per heavy atom. The first kappa shape index (κ1) is 65.5. The van der Waals surface area contributed by atoms with Gasteiger partial charge in [0.1, 0.15) is 13.2 Å². The van der Waals surface area contributed by atoms with Crippen LogP contribution in [0.25, 0.3) is 0 Å². The predicted octanol–water partition coefficient (Wildman–Crippen LogP) is 17.0. The van der Waals surface area contributed by atoms with Crippen molar-refractivity contribution < 1.29 is 32.9 Å². The molecule has 0 radical (unpaired) electrons. The quantitative estimate of drug-likeness (QED) is 0.0357. The van der Waals surface area contributed by atoms with Crippen LogP contribution < -0.4 is 10.2 Å². The van der Waals surface area contributed by atoms with E-state index in [2.05, 4.69) is 19.2 Å². The Balaban J connectivity index is 3.65. The molecule has 0 aromatic rings. The number of aliphatic hydroxyl groups excluding tert-OH is 1. The summed E-state index contributed by atoms with van der Waals surface area (Å²) in [6.45, 7) is 4.69. The normalized spacial score (nSPS) is 13.9. The van der Waals surface area contributed by atoms with Crippen LogP contribution in [0.1, 0.15) is 309 Å². The zero-order valence-corrected chi connectivity index (χ0v) is 46.1. The lowest BCUT2D eigenvalue weighted by molar-refractivity contribution is -0.870. The molecule has 0 aromatic carbocycles. The van der Waals surface area contributed by atoms with Gasteiger partial charge in [0.2, 0.25) is 5.91 Å². The third kappa shape index (κ3) is 51.4. The molecule has 1 amide bonds. The van der Waals surface area contributed by atoms with Crippen LogP contribution in [0.2, 0.25) is 0 Å². The van der Waals surface area contributed by atoms with Gasteiger partial charge in [-0.15, -0.1) is 0 Å². The van der Waals surface area contributed by atoms with Crippen LogP contribution in [0.4, 0.5) is 0 Å². The molecule has 66 heavy (non-hydrogen) atoms. The van der Waals surface area contributed by atoms with Crippen molar-refractivity contribution in [3.8, 4) is 0 Å². The van der Waals surface area contributed by atoms with E-state index in [1.807, 2.05) is 21.1 Å². The van der Waals surface area contributed by atoms with Gasteiger partial charge in [-0.05, 0) is 12.8 Å². The molecule has 9 heteroatoms. The maximum Gasteiger partial charge on any atom is 0.268 e. The summed E-state index contributed by atoms with van der Waals surface area (Å²) in [4.78, 5) is 25.3. The predicted molar refractivity (Wildman–Crippen MR) is 284 cm³/mol. The van der Waals surface area contributed by atoms with Crippen molar-refractivity contribution in [2.24, 2.45) is 0 Å². The molecule has 3 atom stereocenters. The Morgan fingerprint density at radius 1 is 0.470 bits per heavy atom. The van der Waals surface area contributed by atoms with Crippen LogP contribution in [0.3, 0.4) is 0 Å². The fraction of sp³-hybridized carbons (Fsp3) is 0.982.